The molecule has 23 heavy (non-hydrogen) atoms. The minimum Gasteiger partial charge on any atom is -0.491 e. The Kier molecular flexibility index (Phi) is 8.13. The van der Waals surface area contributed by atoms with Crippen molar-refractivity contribution in [3.8, 4) is 5.75 Å². The van der Waals surface area contributed by atoms with Gasteiger partial charge in [0.05, 0.1) is 12.2 Å². The van der Waals surface area contributed by atoms with Crippen LogP contribution in [0.5, 0.6) is 5.75 Å². The standard InChI is InChI=1S/C19H27NO3/c1-5-15(6-2)7-12-19(22)20-13-18(21)16-8-10-17(11-9-16)23-14(3)4/h5,7-12,14,18,21H,6,13H2,1-4H3,(H,20,22). The number of carbonyl (C=O) groups excluding carboxylic acids is 1. The van der Waals surface area contributed by atoms with Crippen LogP contribution in [0.25, 0.3) is 0 Å². The summed E-state index contributed by atoms with van der Waals surface area (Å²) in [6, 6.07) is 7.25. The van der Waals surface area contributed by atoms with E-state index in [1.807, 2.05) is 45.9 Å². The zero-order chi connectivity index (χ0) is 17.2. The number of hydrogen-bond donors (Lipinski definition) is 2. The second-order valence-electron chi connectivity index (χ2n) is 5.55. The van der Waals surface area contributed by atoms with E-state index in [-0.39, 0.29) is 18.6 Å². The van der Waals surface area contributed by atoms with Gasteiger partial charge in [0.25, 0.3) is 0 Å². The monoisotopic (exact) mass is 317 g/mol. The number of allylic oxidation sites excluding steroid dienone is 3. The fourth-order valence-corrected chi connectivity index (χ4v) is 2.02. The van der Waals surface area contributed by atoms with Gasteiger partial charge >= 0.3 is 0 Å². The highest BCUT2D eigenvalue weighted by Gasteiger charge is 2.09. The summed E-state index contributed by atoms with van der Waals surface area (Å²) in [6.07, 6.45) is 5.51. The van der Waals surface area contributed by atoms with Crippen LogP contribution in [0.1, 0.15) is 45.8 Å². The molecule has 0 aromatic heterocycles. The minimum atomic E-state index is -0.743. The van der Waals surface area contributed by atoms with Gasteiger partial charge in [-0.3, -0.25) is 4.79 Å². The first kappa shape index (κ1) is 19.0. The first-order valence-corrected chi connectivity index (χ1v) is 8.02. The first-order valence-electron chi connectivity index (χ1n) is 8.02. The number of rotatable bonds is 8. The number of aliphatic hydroxyl groups excluding tert-OH is 1. The molecule has 0 aliphatic carbocycles. The molecule has 126 valence electrons. The quantitative estimate of drug-likeness (QED) is 0.569. The minimum absolute atomic E-state index is 0.113. The molecule has 0 bridgehead atoms. The molecule has 1 aromatic rings. The van der Waals surface area contributed by atoms with Crippen LogP contribution in [0, 0.1) is 0 Å². The molecule has 0 saturated carbocycles. The van der Waals surface area contributed by atoms with Crippen molar-refractivity contribution in [3.63, 3.8) is 0 Å². The van der Waals surface area contributed by atoms with Gasteiger partial charge in [0.15, 0.2) is 0 Å². The highest BCUT2D eigenvalue weighted by atomic mass is 16.5. The lowest BCUT2D eigenvalue weighted by Gasteiger charge is -2.13. The molecule has 2 N–H and O–H groups in total. The van der Waals surface area contributed by atoms with Crippen LogP contribution >= 0.6 is 0 Å². The molecular weight excluding hydrogens is 290 g/mol. The van der Waals surface area contributed by atoms with Crippen molar-refractivity contribution in [1.82, 2.24) is 5.32 Å². The van der Waals surface area contributed by atoms with E-state index in [2.05, 4.69) is 5.32 Å². The number of amides is 1. The lowest BCUT2D eigenvalue weighted by Crippen LogP contribution is -2.26. The maximum atomic E-state index is 11.7. The van der Waals surface area contributed by atoms with E-state index in [4.69, 9.17) is 4.74 Å². The summed E-state index contributed by atoms with van der Waals surface area (Å²) >= 11 is 0. The van der Waals surface area contributed by atoms with Gasteiger partial charge in [-0.1, -0.05) is 36.8 Å². The second kappa shape index (κ2) is 9.85. The summed E-state index contributed by atoms with van der Waals surface area (Å²) in [5.74, 6) is 0.554. The van der Waals surface area contributed by atoms with E-state index < -0.39 is 6.10 Å². The number of ether oxygens (including phenoxy) is 1. The van der Waals surface area contributed by atoms with Crippen LogP contribution in [0.15, 0.2) is 48.1 Å². The molecule has 0 radical (unpaired) electrons. The smallest absolute Gasteiger partial charge is 0.244 e. The molecule has 4 heteroatoms. The van der Waals surface area contributed by atoms with E-state index in [1.54, 1.807) is 18.2 Å². The summed E-state index contributed by atoms with van der Waals surface area (Å²) in [6.45, 7) is 8.07. The van der Waals surface area contributed by atoms with Gasteiger partial charge in [0.2, 0.25) is 5.91 Å². The summed E-state index contributed by atoms with van der Waals surface area (Å²) in [7, 11) is 0. The molecule has 0 aliphatic heterocycles. The molecule has 4 nitrogen and oxygen atoms in total. The Hall–Kier alpha value is -2.07. The van der Waals surface area contributed by atoms with Crippen molar-refractivity contribution in [2.75, 3.05) is 6.54 Å². The average molecular weight is 317 g/mol. The Morgan fingerprint density at radius 3 is 2.43 bits per heavy atom. The van der Waals surface area contributed by atoms with Gasteiger partial charge in [0, 0.05) is 12.6 Å². The van der Waals surface area contributed by atoms with Crippen LogP contribution in [0.4, 0.5) is 0 Å². The molecule has 1 amide bonds. The Labute approximate surface area is 138 Å². The van der Waals surface area contributed by atoms with Crippen molar-refractivity contribution in [3.05, 3.63) is 53.6 Å². The maximum absolute atomic E-state index is 11.7. The van der Waals surface area contributed by atoms with Crippen molar-refractivity contribution >= 4 is 5.91 Å². The highest BCUT2D eigenvalue weighted by molar-refractivity contribution is 5.87. The highest BCUT2D eigenvalue weighted by Crippen LogP contribution is 2.18. The van der Waals surface area contributed by atoms with Crippen molar-refractivity contribution in [2.24, 2.45) is 0 Å². The van der Waals surface area contributed by atoms with Crippen LogP contribution in [0.2, 0.25) is 0 Å². The van der Waals surface area contributed by atoms with Crippen LogP contribution < -0.4 is 10.1 Å². The van der Waals surface area contributed by atoms with Gasteiger partial charge in [-0.25, -0.2) is 0 Å². The van der Waals surface area contributed by atoms with Gasteiger partial charge in [-0.2, -0.15) is 0 Å². The van der Waals surface area contributed by atoms with Gasteiger partial charge in [-0.05, 0) is 44.9 Å². The molecule has 0 aliphatic rings. The van der Waals surface area contributed by atoms with Crippen molar-refractivity contribution in [1.29, 1.82) is 0 Å². The third-order valence-electron chi connectivity index (χ3n) is 3.33. The van der Waals surface area contributed by atoms with E-state index in [0.29, 0.717) is 0 Å². The van der Waals surface area contributed by atoms with Crippen LogP contribution in [-0.4, -0.2) is 23.7 Å². The van der Waals surface area contributed by atoms with Crippen molar-refractivity contribution < 1.29 is 14.6 Å². The van der Waals surface area contributed by atoms with Crippen LogP contribution in [0.3, 0.4) is 0 Å². The van der Waals surface area contributed by atoms with E-state index in [1.165, 1.54) is 6.08 Å². The topological polar surface area (TPSA) is 58.6 Å². The first-order chi connectivity index (χ1) is 11.0. The summed E-state index contributed by atoms with van der Waals surface area (Å²) in [5.41, 5.74) is 1.84. The van der Waals surface area contributed by atoms with E-state index in [0.717, 1.165) is 23.3 Å². The molecule has 0 spiro atoms. The van der Waals surface area contributed by atoms with E-state index >= 15 is 0 Å². The zero-order valence-corrected chi connectivity index (χ0v) is 14.4. The lowest BCUT2D eigenvalue weighted by atomic mass is 10.1. The lowest BCUT2D eigenvalue weighted by molar-refractivity contribution is -0.116. The third kappa shape index (κ3) is 7.15. The fraction of sp³-hybridized carbons (Fsp3) is 0.421. The number of carbonyl (C=O) groups is 1. The Morgan fingerprint density at radius 2 is 1.91 bits per heavy atom. The molecule has 0 fully saturated rings. The summed E-state index contributed by atoms with van der Waals surface area (Å²) in [4.78, 5) is 11.7. The number of hydrogen-bond acceptors (Lipinski definition) is 3. The third-order valence-corrected chi connectivity index (χ3v) is 3.33. The molecule has 1 rings (SSSR count). The summed E-state index contributed by atoms with van der Waals surface area (Å²) in [5, 5.41) is 12.8. The summed E-state index contributed by atoms with van der Waals surface area (Å²) < 4.78 is 5.56. The molecule has 0 saturated heterocycles. The van der Waals surface area contributed by atoms with Crippen LogP contribution in [-0.2, 0) is 4.79 Å². The molecule has 1 unspecified atom stereocenters. The normalized spacial score (nSPS) is 13.4. The number of benzene rings is 1. The molecule has 1 atom stereocenters. The van der Waals surface area contributed by atoms with Gasteiger partial charge in [0.1, 0.15) is 5.75 Å². The Balaban J connectivity index is 2.50. The predicted molar refractivity (Wildman–Crippen MR) is 93.4 cm³/mol. The van der Waals surface area contributed by atoms with Crippen molar-refractivity contribution in [2.45, 2.75) is 46.3 Å². The zero-order valence-electron chi connectivity index (χ0n) is 14.4. The van der Waals surface area contributed by atoms with Gasteiger partial charge in [-0.15, -0.1) is 0 Å². The number of aliphatic hydroxyl groups is 1. The van der Waals surface area contributed by atoms with Gasteiger partial charge < -0.3 is 15.2 Å². The molecule has 1 aromatic carbocycles. The predicted octanol–water partition coefficient (Wildman–Crippen LogP) is 3.54. The average Bonchev–Trinajstić information content (AvgIpc) is 2.53. The molecule has 0 heterocycles. The maximum Gasteiger partial charge on any atom is 0.244 e. The Bertz CT molecular complexity index is 544. The SMILES string of the molecule is CC=C(C=CC(=O)NCC(O)c1ccc(OC(C)C)cc1)CC. The second-order valence-corrected chi connectivity index (χ2v) is 5.55. The largest absolute Gasteiger partial charge is 0.491 e. The van der Waals surface area contributed by atoms with E-state index in [9.17, 15) is 9.90 Å². The fourth-order valence-electron chi connectivity index (χ4n) is 2.02. The Morgan fingerprint density at radius 1 is 1.26 bits per heavy atom. The number of nitrogens with one attached hydrogen (secondary N) is 1. The molecular formula is C19H27NO3.